The van der Waals surface area contributed by atoms with Crippen molar-refractivity contribution in [2.24, 2.45) is 17.8 Å². The van der Waals surface area contributed by atoms with Crippen LogP contribution in [0.25, 0.3) is 0 Å². The summed E-state index contributed by atoms with van der Waals surface area (Å²) in [5, 5.41) is 3.17. The molecule has 0 saturated heterocycles. The van der Waals surface area contributed by atoms with Gasteiger partial charge in [0.2, 0.25) is 0 Å². The standard InChI is InChI=1S/C25H33F3N4O3S2/c1-4-37(34,35)19-10-9-18(29-12-19)11-30-23(33)24-31-21-20(36-24)14-32(22(21)15(2)3)13-16-5-7-17(8-6-16)25(26,27)28/h9-10,12,15-17,22H,4-8,11,13-14H2,1-3H3,(H,30,33)/t16-,17-,22-/m0/s1. The number of halogens is 3. The largest absolute Gasteiger partial charge is 0.391 e. The lowest BCUT2D eigenvalue weighted by Gasteiger charge is -2.35. The Bertz CT molecular complexity index is 1200. The minimum atomic E-state index is -4.10. The maximum Gasteiger partial charge on any atom is 0.391 e. The van der Waals surface area contributed by atoms with Crippen LogP contribution in [-0.2, 0) is 22.9 Å². The quantitative estimate of drug-likeness (QED) is 0.482. The van der Waals surface area contributed by atoms with Gasteiger partial charge in [-0.25, -0.2) is 13.4 Å². The molecular formula is C25H33F3N4O3S2. The predicted molar refractivity (Wildman–Crippen MR) is 135 cm³/mol. The highest BCUT2D eigenvalue weighted by Crippen LogP contribution is 2.44. The molecule has 2 aromatic heterocycles. The average Bonchev–Trinajstić information content (AvgIpc) is 3.40. The van der Waals surface area contributed by atoms with Crippen molar-refractivity contribution in [3.8, 4) is 0 Å². The van der Waals surface area contributed by atoms with Crippen LogP contribution in [0.15, 0.2) is 23.2 Å². The van der Waals surface area contributed by atoms with Gasteiger partial charge in [-0.3, -0.25) is 14.7 Å². The molecule has 1 aliphatic carbocycles. The lowest BCUT2D eigenvalue weighted by Crippen LogP contribution is -2.35. The number of amides is 1. The molecule has 37 heavy (non-hydrogen) atoms. The molecule has 0 spiro atoms. The number of nitrogens with one attached hydrogen (secondary N) is 1. The zero-order valence-electron chi connectivity index (χ0n) is 21.2. The summed E-state index contributed by atoms with van der Waals surface area (Å²) in [4.78, 5) is 25.1. The minimum absolute atomic E-state index is 0.00649. The van der Waals surface area contributed by atoms with Crippen molar-refractivity contribution < 1.29 is 26.4 Å². The maximum atomic E-state index is 13.0. The Kier molecular flexibility index (Phi) is 8.30. The van der Waals surface area contributed by atoms with Crippen LogP contribution in [0.2, 0.25) is 0 Å². The number of pyridine rings is 1. The molecule has 1 saturated carbocycles. The first-order chi connectivity index (χ1) is 17.4. The summed E-state index contributed by atoms with van der Waals surface area (Å²) in [6.07, 6.45) is -1.23. The van der Waals surface area contributed by atoms with Gasteiger partial charge < -0.3 is 5.32 Å². The normalized spacial score (nSPS) is 22.8. The van der Waals surface area contributed by atoms with Gasteiger partial charge in [0.1, 0.15) is 0 Å². The third-order valence-electron chi connectivity index (χ3n) is 7.34. The van der Waals surface area contributed by atoms with Gasteiger partial charge in [-0.1, -0.05) is 20.8 Å². The molecule has 7 nitrogen and oxygen atoms in total. The van der Waals surface area contributed by atoms with Gasteiger partial charge in [-0.2, -0.15) is 13.2 Å². The van der Waals surface area contributed by atoms with Crippen LogP contribution >= 0.6 is 11.3 Å². The van der Waals surface area contributed by atoms with Crippen LogP contribution in [0.5, 0.6) is 0 Å². The molecule has 1 fully saturated rings. The SMILES string of the molecule is CCS(=O)(=O)c1ccc(CNC(=O)c2nc3c(s2)CN(C[C@H]2CC[C@H](C(F)(F)F)CC2)[C@H]3C(C)C)nc1. The number of carbonyl (C=O) groups is 1. The summed E-state index contributed by atoms with van der Waals surface area (Å²) in [6.45, 7) is 7.31. The number of nitrogens with zero attached hydrogens (tertiary/aromatic N) is 3. The molecule has 0 unspecified atom stereocenters. The van der Waals surface area contributed by atoms with Gasteiger partial charge in [-0.15, -0.1) is 11.3 Å². The summed E-state index contributed by atoms with van der Waals surface area (Å²) in [5.41, 5.74) is 1.43. The minimum Gasteiger partial charge on any atom is -0.344 e. The molecule has 3 heterocycles. The first kappa shape index (κ1) is 28.0. The molecule has 1 aliphatic heterocycles. The fourth-order valence-electron chi connectivity index (χ4n) is 5.29. The molecule has 2 aliphatic rings. The highest BCUT2D eigenvalue weighted by Gasteiger charge is 2.43. The zero-order chi connectivity index (χ0) is 27.0. The van der Waals surface area contributed by atoms with E-state index in [2.05, 4.69) is 34.0 Å². The Morgan fingerprint density at radius 3 is 2.49 bits per heavy atom. The number of alkyl halides is 3. The molecule has 204 valence electrons. The monoisotopic (exact) mass is 558 g/mol. The lowest BCUT2D eigenvalue weighted by atomic mass is 9.81. The van der Waals surface area contributed by atoms with E-state index in [-0.39, 0.29) is 53.8 Å². The molecule has 2 aromatic rings. The topological polar surface area (TPSA) is 92.3 Å². The van der Waals surface area contributed by atoms with Gasteiger partial charge >= 0.3 is 6.18 Å². The van der Waals surface area contributed by atoms with Crippen molar-refractivity contribution in [2.45, 2.75) is 76.7 Å². The van der Waals surface area contributed by atoms with E-state index in [4.69, 9.17) is 0 Å². The first-order valence-corrected chi connectivity index (χ1v) is 15.1. The van der Waals surface area contributed by atoms with Crippen molar-refractivity contribution >= 4 is 27.1 Å². The van der Waals surface area contributed by atoms with E-state index < -0.39 is 21.9 Å². The predicted octanol–water partition coefficient (Wildman–Crippen LogP) is 5.14. The average molecular weight is 559 g/mol. The van der Waals surface area contributed by atoms with Gasteiger partial charge in [-0.05, 0) is 49.7 Å². The smallest absolute Gasteiger partial charge is 0.344 e. The molecule has 1 atom stereocenters. The number of rotatable bonds is 8. The Morgan fingerprint density at radius 2 is 1.92 bits per heavy atom. The fraction of sp³-hybridized carbons (Fsp3) is 0.640. The Balaban J connectivity index is 1.36. The van der Waals surface area contributed by atoms with Gasteiger partial charge in [0.05, 0.1) is 40.5 Å². The van der Waals surface area contributed by atoms with Crippen molar-refractivity contribution in [3.05, 3.63) is 39.6 Å². The van der Waals surface area contributed by atoms with Crippen molar-refractivity contribution in [1.82, 2.24) is 20.2 Å². The second-order valence-electron chi connectivity index (χ2n) is 10.3. The Morgan fingerprint density at radius 1 is 1.22 bits per heavy atom. The number of carbonyl (C=O) groups excluding carboxylic acids is 1. The molecule has 1 amide bonds. The number of thiazole rings is 1. The number of aromatic nitrogens is 2. The number of hydrogen-bond acceptors (Lipinski definition) is 7. The molecule has 1 N–H and O–H groups in total. The second kappa shape index (κ2) is 11.0. The molecule has 0 aromatic carbocycles. The van der Waals surface area contributed by atoms with Crippen LogP contribution in [0, 0.1) is 17.8 Å². The fourth-order valence-corrected chi connectivity index (χ4v) is 7.16. The number of fused-ring (bicyclic) bond motifs is 1. The van der Waals surface area contributed by atoms with Crippen LogP contribution in [-0.4, -0.2) is 47.7 Å². The van der Waals surface area contributed by atoms with E-state index in [0.717, 1.165) is 17.1 Å². The van der Waals surface area contributed by atoms with Crippen molar-refractivity contribution in [1.29, 1.82) is 0 Å². The first-order valence-electron chi connectivity index (χ1n) is 12.6. The molecule has 4 rings (SSSR count). The highest BCUT2D eigenvalue weighted by atomic mass is 32.2. The van der Waals surface area contributed by atoms with E-state index in [0.29, 0.717) is 30.1 Å². The lowest BCUT2D eigenvalue weighted by molar-refractivity contribution is -0.184. The maximum absolute atomic E-state index is 13.0. The van der Waals surface area contributed by atoms with E-state index in [1.54, 1.807) is 13.0 Å². The third-order valence-corrected chi connectivity index (χ3v) is 10.1. The second-order valence-corrected chi connectivity index (χ2v) is 13.6. The summed E-state index contributed by atoms with van der Waals surface area (Å²) in [7, 11) is -3.33. The molecule has 0 radical (unpaired) electrons. The molecule has 0 bridgehead atoms. The highest BCUT2D eigenvalue weighted by molar-refractivity contribution is 7.91. The molecule has 12 heteroatoms. The van der Waals surface area contributed by atoms with E-state index in [1.807, 2.05) is 0 Å². The van der Waals surface area contributed by atoms with Crippen LogP contribution in [0.1, 0.15) is 78.6 Å². The van der Waals surface area contributed by atoms with E-state index in [9.17, 15) is 26.4 Å². The summed E-state index contributed by atoms with van der Waals surface area (Å²) < 4.78 is 62.9. The number of sulfone groups is 1. The summed E-state index contributed by atoms with van der Waals surface area (Å²) in [5.74, 6) is -1.01. The van der Waals surface area contributed by atoms with Crippen LogP contribution < -0.4 is 5.32 Å². The van der Waals surface area contributed by atoms with Gasteiger partial charge in [0.25, 0.3) is 5.91 Å². The Hall–Kier alpha value is -2.05. The van der Waals surface area contributed by atoms with Crippen molar-refractivity contribution in [2.75, 3.05) is 12.3 Å². The van der Waals surface area contributed by atoms with Crippen LogP contribution in [0.4, 0.5) is 13.2 Å². The third kappa shape index (κ3) is 6.34. The Labute approximate surface area is 219 Å². The van der Waals surface area contributed by atoms with E-state index >= 15 is 0 Å². The number of hydrogen-bond donors (Lipinski definition) is 1. The summed E-state index contributed by atoms with van der Waals surface area (Å²) in [6, 6.07) is 3.10. The van der Waals surface area contributed by atoms with Crippen molar-refractivity contribution in [3.63, 3.8) is 0 Å². The van der Waals surface area contributed by atoms with Gasteiger partial charge in [0.15, 0.2) is 14.8 Å². The van der Waals surface area contributed by atoms with Gasteiger partial charge in [0, 0.05) is 24.2 Å². The van der Waals surface area contributed by atoms with E-state index in [1.165, 1.54) is 23.6 Å². The summed E-state index contributed by atoms with van der Waals surface area (Å²) >= 11 is 1.35. The molecular weight excluding hydrogens is 525 g/mol. The van der Waals surface area contributed by atoms with Crippen LogP contribution in [0.3, 0.4) is 0 Å². The zero-order valence-corrected chi connectivity index (χ0v) is 22.8.